The topological polar surface area (TPSA) is 70.6 Å². The molecule has 0 aromatic heterocycles. The molecule has 0 saturated carbocycles. The van der Waals surface area contributed by atoms with E-state index in [0.717, 1.165) is 5.56 Å². The van der Waals surface area contributed by atoms with E-state index in [1.165, 1.54) is 5.56 Å². The van der Waals surface area contributed by atoms with Crippen molar-refractivity contribution in [1.29, 1.82) is 0 Å². The van der Waals surface area contributed by atoms with E-state index in [2.05, 4.69) is 29.7 Å². The molecule has 136 valence electrons. The van der Waals surface area contributed by atoms with Gasteiger partial charge in [-0.2, -0.15) is 5.10 Å². The number of nitrogens with one attached hydrogen (secondary N) is 2. The lowest BCUT2D eigenvalue weighted by Crippen LogP contribution is -2.20. The Balaban J connectivity index is 1.74. The number of hydrogen-bond donors (Lipinski definition) is 2. The van der Waals surface area contributed by atoms with Crippen molar-refractivity contribution < 1.29 is 9.59 Å². The highest BCUT2D eigenvalue weighted by molar-refractivity contribution is 6.33. The zero-order valence-electron chi connectivity index (χ0n) is 14.8. The molecule has 0 fully saturated rings. The molecule has 6 heteroatoms. The summed E-state index contributed by atoms with van der Waals surface area (Å²) >= 11 is 5.97. The van der Waals surface area contributed by atoms with Crippen molar-refractivity contribution in [3.8, 4) is 0 Å². The van der Waals surface area contributed by atoms with E-state index in [9.17, 15) is 9.59 Å². The van der Waals surface area contributed by atoms with Crippen LogP contribution < -0.4 is 10.7 Å². The molecule has 0 radical (unpaired) electrons. The van der Waals surface area contributed by atoms with Crippen molar-refractivity contribution in [1.82, 2.24) is 5.43 Å². The Hall–Kier alpha value is -2.66. The van der Waals surface area contributed by atoms with Gasteiger partial charge in [0.25, 0.3) is 0 Å². The van der Waals surface area contributed by atoms with Crippen LogP contribution in [0.2, 0.25) is 5.02 Å². The van der Waals surface area contributed by atoms with Crippen LogP contribution >= 0.6 is 11.6 Å². The van der Waals surface area contributed by atoms with Crippen LogP contribution in [0, 0.1) is 0 Å². The predicted octanol–water partition coefficient (Wildman–Crippen LogP) is 4.33. The number of halogens is 1. The van der Waals surface area contributed by atoms with Gasteiger partial charge < -0.3 is 5.32 Å². The van der Waals surface area contributed by atoms with Gasteiger partial charge in [0.05, 0.1) is 16.9 Å². The highest BCUT2D eigenvalue weighted by Crippen LogP contribution is 2.20. The Labute approximate surface area is 158 Å². The van der Waals surface area contributed by atoms with Crippen molar-refractivity contribution in [3.63, 3.8) is 0 Å². The fourth-order valence-electron chi connectivity index (χ4n) is 2.20. The van der Waals surface area contributed by atoms with Gasteiger partial charge in [-0.05, 0) is 29.2 Å². The Morgan fingerprint density at radius 3 is 2.35 bits per heavy atom. The summed E-state index contributed by atoms with van der Waals surface area (Å²) in [7, 11) is 0. The minimum absolute atomic E-state index is 0.0416. The minimum atomic E-state index is -0.325. The first-order valence-corrected chi connectivity index (χ1v) is 8.79. The number of para-hydroxylation sites is 1. The Bertz CT molecular complexity index is 786. The maximum absolute atomic E-state index is 11.9. The molecule has 0 atom stereocenters. The number of anilines is 1. The second kappa shape index (κ2) is 9.73. The SMILES string of the molecule is CC(C)c1ccc(C=NNC(=O)CCC(=O)Nc2ccccc2Cl)cc1. The van der Waals surface area contributed by atoms with Crippen LogP contribution in [0.4, 0.5) is 5.69 Å². The Morgan fingerprint density at radius 1 is 1.04 bits per heavy atom. The first kappa shape index (κ1) is 19.7. The average Bonchev–Trinajstić information content (AvgIpc) is 2.62. The van der Waals surface area contributed by atoms with Gasteiger partial charge in [0, 0.05) is 12.8 Å². The average molecular weight is 372 g/mol. The number of nitrogens with zero attached hydrogens (tertiary/aromatic N) is 1. The predicted molar refractivity (Wildman–Crippen MR) is 106 cm³/mol. The number of rotatable bonds is 7. The molecule has 0 saturated heterocycles. The number of hydrogen-bond acceptors (Lipinski definition) is 3. The maximum atomic E-state index is 11.9. The van der Waals surface area contributed by atoms with Gasteiger partial charge in [0.15, 0.2) is 0 Å². The summed E-state index contributed by atoms with van der Waals surface area (Å²) in [6.07, 6.45) is 1.67. The molecule has 26 heavy (non-hydrogen) atoms. The van der Waals surface area contributed by atoms with Gasteiger partial charge in [-0.3, -0.25) is 9.59 Å². The molecule has 0 spiro atoms. The highest BCUT2D eigenvalue weighted by Gasteiger charge is 2.08. The fourth-order valence-corrected chi connectivity index (χ4v) is 2.39. The van der Waals surface area contributed by atoms with Crippen molar-refractivity contribution in [2.24, 2.45) is 5.10 Å². The third kappa shape index (κ3) is 6.33. The van der Waals surface area contributed by atoms with Crippen LogP contribution in [0.1, 0.15) is 43.7 Å². The zero-order valence-corrected chi connectivity index (χ0v) is 15.6. The van der Waals surface area contributed by atoms with Crippen molar-refractivity contribution in [2.45, 2.75) is 32.6 Å². The molecule has 2 N–H and O–H groups in total. The number of amides is 2. The number of benzene rings is 2. The van der Waals surface area contributed by atoms with E-state index in [-0.39, 0.29) is 24.7 Å². The zero-order chi connectivity index (χ0) is 18.9. The molecule has 5 nitrogen and oxygen atoms in total. The number of hydrazone groups is 1. The van der Waals surface area contributed by atoms with Crippen LogP contribution in [0.5, 0.6) is 0 Å². The van der Waals surface area contributed by atoms with Crippen LogP contribution in [0.15, 0.2) is 53.6 Å². The Kier molecular flexibility index (Phi) is 7.36. The molecular weight excluding hydrogens is 350 g/mol. The Morgan fingerprint density at radius 2 is 1.69 bits per heavy atom. The normalized spacial score (nSPS) is 10.9. The maximum Gasteiger partial charge on any atom is 0.240 e. The van der Waals surface area contributed by atoms with E-state index in [1.54, 1.807) is 30.5 Å². The lowest BCUT2D eigenvalue weighted by Gasteiger charge is -2.06. The van der Waals surface area contributed by atoms with Crippen LogP contribution in [0.25, 0.3) is 0 Å². The van der Waals surface area contributed by atoms with Gasteiger partial charge in [0.1, 0.15) is 0 Å². The standard InChI is InChI=1S/C20H22ClN3O2/c1-14(2)16-9-7-15(8-10-16)13-22-24-20(26)12-11-19(25)23-18-6-4-3-5-17(18)21/h3-10,13-14H,11-12H2,1-2H3,(H,23,25)(H,24,26). The van der Waals surface area contributed by atoms with E-state index in [1.807, 2.05) is 24.3 Å². The molecular formula is C20H22ClN3O2. The van der Waals surface area contributed by atoms with Gasteiger partial charge in [-0.25, -0.2) is 5.43 Å². The summed E-state index contributed by atoms with van der Waals surface area (Å²) in [5.41, 5.74) is 5.09. The number of carbonyl (C=O) groups is 2. The van der Waals surface area contributed by atoms with E-state index in [0.29, 0.717) is 16.6 Å². The van der Waals surface area contributed by atoms with Crippen molar-refractivity contribution >= 4 is 35.3 Å². The van der Waals surface area contributed by atoms with Crippen LogP contribution in [-0.2, 0) is 9.59 Å². The summed E-state index contributed by atoms with van der Waals surface area (Å²) in [5, 5.41) is 7.04. The second-order valence-corrected chi connectivity index (χ2v) is 6.55. The van der Waals surface area contributed by atoms with E-state index < -0.39 is 0 Å². The smallest absolute Gasteiger partial charge is 0.240 e. The molecule has 0 aliphatic carbocycles. The second-order valence-electron chi connectivity index (χ2n) is 6.14. The third-order valence-corrected chi connectivity index (χ3v) is 4.06. The summed E-state index contributed by atoms with van der Waals surface area (Å²) in [4.78, 5) is 23.6. The van der Waals surface area contributed by atoms with Gasteiger partial charge in [-0.15, -0.1) is 0 Å². The first-order chi connectivity index (χ1) is 12.5. The largest absolute Gasteiger partial charge is 0.325 e. The quantitative estimate of drug-likeness (QED) is 0.561. The molecule has 0 aliphatic rings. The fraction of sp³-hybridized carbons (Fsp3) is 0.250. The van der Waals surface area contributed by atoms with Gasteiger partial charge in [-0.1, -0.05) is 61.8 Å². The lowest BCUT2D eigenvalue weighted by atomic mass is 10.0. The van der Waals surface area contributed by atoms with Gasteiger partial charge >= 0.3 is 0 Å². The third-order valence-electron chi connectivity index (χ3n) is 3.73. The van der Waals surface area contributed by atoms with Crippen LogP contribution in [0.3, 0.4) is 0 Å². The molecule has 2 aromatic rings. The molecule has 2 rings (SSSR count). The highest BCUT2D eigenvalue weighted by atomic mass is 35.5. The summed E-state index contributed by atoms with van der Waals surface area (Å²) in [5.74, 6) is -0.131. The molecule has 0 aliphatic heterocycles. The molecule has 0 bridgehead atoms. The van der Waals surface area contributed by atoms with Gasteiger partial charge in [0.2, 0.25) is 11.8 Å². The molecule has 0 unspecified atom stereocenters. The molecule has 2 aromatic carbocycles. The van der Waals surface area contributed by atoms with Crippen molar-refractivity contribution in [3.05, 3.63) is 64.7 Å². The lowest BCUT2D eigenvalue weighted by molar-refractivity contribution is -0.124. The van der Waals surface area contributed by atoms with E-state index in [4.69, 9.17) is 11.6 Å². The molecule has 0 heterocycles. The van der Waals surface area contributed by atoms with Crippen molar-refractivity contribution in [2.75, 3.05) is 5.32 Å². The van der Waals surface area contributed by atoms with E-state index >= 15 is 0 Å². The molecule has 2 amide bonds. The first-order valence-electron chi connectivity index (χ1n) is 8.42. The summed E-state index contributed by atoms with van der Waals surface area (Å²) in [6, 6.07) is 14.9. The monoisotopic (exact) mass is 371 g/mol. The van der Waals surface area contributed by atoms with Crippen LogP contribution in [-0.4, -0.2) is 18.0 Å². The number of carbonyl (C=O) groups excluding carboxylic acids is 2. The summed E-state index contributed by atoms with van der Waals surface area (Å²) < 4.78 is 0. The minimum Gasteiger partial charge on any atom is -0.325 e. The summed E-state index contributed by atoms with van der Waals surface area (Å²) in [6.45, 7) is 4.26.